The fourth-order valence-corrected chi connectivity index (χ4v) is 15.4. The lowest BCUT2D eigenvalue weighted by molar-refractivity contribution is -0.698. The second-order valence-electron chi connectivity index (χ2n) is 29.6. The number of fused-ring (bicyclic) bond motifs is 4. The first-order chi connectivity index (χ1) is 57.2. The van der Waals surface area contributed by atoms with E-state index in [0.29, 0.717) is 52.6 Å². The molecule has 0 amide bonds. The van der Waals surface area contributed by atoms with Gasteiger partial charge in [-0.1, -0.05) is 97.1 Å². The summed E-state index contributed by atoms with van der Waals surface area (Å²) in [6.45, 7) is 8.72. The fraction of sp³-hybridized carbons (Fsp3) is 0.160. The molecule has 116 heavy (non-hydrogen) atoms. The maximum absolute atomic E-state index is 5.73. The topological polar surface area (TPSA) is 119 Å². The molecular weight excluding hydrogens is 1430 g/mol. The van der Waals surface area contributed by atoms with Crippen LogP contribution in [-0.2, 0) is 64.8 Å². The average Bonchev–Trinajstić information content (AvgIpc) is 1.61. The summed E-state index contributed by atoms with van der Waals surface area (Å²) in [6, 6.07) is 62.1. The molecular formula is C100H94N12O4+8. The lowest BCUT2D eigenvalue weighted by Crippen LogP contribution is -2.71. The van der Waals surface area contributed by atoms with Gasteiger partial charge >= 0.3 is 0 Å². The van der Waals surface area contributed by atoms with Gasteiger partial charge in [-0.05, 0) is 121 Å². The SMILES string of the molecule is COCCN1C=CC(=C2C=CN(Cc3ccc(C4=C5C=CC(=N5)C(c5ccc(C[n+]6ccc(-c7cc[n+](CCOC)cc7)cc6)cc5)=C5C=CC(=[NH+]5)C(c5ccc(C[n+]6ccc(-c7cc[n+](CCOC)cc7)cc6)cc5)=C5C=CC(=[NH+]5)C(c5ccc(C[n+]6ccc(-c7cc[n+](CCOC)cc7)cc6)cc5)=C5C=CC4=N5)cc3)C=C2)C=C1. The van der Waals surface area contributed by atoms with Crippen LogP contribution in [0.25, 0.3) is 55.7 Å². The predicted molar refractivity (Wildman–Crippen MR) is 454 cm³/mol. The van der Waals surface area contributed by atoms with Crippen molar-refractivity contribution in [2.45, 2.75) is 45.8 Å². The number of nitrogens with one attached hydrogen (secondary N) is 2. The number of pyridine rings is 6. The molecule has 0 fully saturated rings. The van der Waals surface area contributed by atoms with Crippen molar-refractivity contribution in [1.29, 1.82) is 0 Å². The number of ether oxygens (including phenoxy) is 4. The first kappa shape index (κ1) is 75.2. The minimum atomic E-state index is 0.669. The van der Waals surface area contributed by atoms with Crippen LogP contribution in [0.15, 0.2) is 386 Å². The molecule has 10 aromatic rings. The zero-order valence-electron chi connectivity index (χ0n) is 65.9. The third-order valence-corrected chi connectivity index (χ3v) is 21.9. The van der Waals surface area contributed by atoms with E-state index >= 15 is 0 Å². The second kappa shape index (κ2) is 35.3. The van der Waals surface area contributed by atoms with Gasteiger partial charge in [0.15, 0.2) is 114 Å². The third-order valence-electron chi connectivity index (χ3n) is 21.9. The lowest BCUT2D eigenvalue weighted by atomic mass is 9.97. The molecule has 2 N–H and O–H groups in total. The van der Waals surface area contributed by atoms with Crippen LogP contribution in [0.1, 0.15) is 44.5 Å². The molecule has 0 spiro atoms. The van der Waals surface area contributed by atoms with Crippen molar-refractivity contribution >= 4 is 45.1 Å². The Hall–Kier alpha value is -13.5. The molecule has 4 aromatic carbocycles. The highest BCUT2D eigenvalue weighted by atomic mass is 16.5. The number of hydrogen-bond acceptors (Lipinski definition) is 8. The molecule has 13 heterocycles. The minimum Gasteiger partial charge on any atom is -0.383 e. The smallest absolute Gasteiger partial charge is 0.218 e. The Morgan fingerprint density at radius 2 is 0.586 bits per heavy atom. The van der Waals surface area contributed by atoms with Crippen molar-refractivity contribution < 1.29 is 56.3 Å². The summed E-state index contributed by atoms with van der Waals surface area (Å²) in [5.74, 6) is 0. The van der Waals surface area contributed by atoms with Crippen LogP contribution in [0.3, 0.4) is 0 Å². The van der Waals surface area contributed by atoms with Crippen molar-refractivity contribution in [2.75, 3.05) is 61.4 Å². The van der Waals surface area contributed by atoms with Gasteiger partial charge in [-0.2, -0.15) is 0 Å². The van der Waals surface area contributed by atoms with Gasteiger partial charge in [0.05, 0.1) is 40.6 Å². The second-order valence-corrected chi connectivity index (χ2v) is 29.6. The van der Waals surface area contributed by atoms with E-state index in [-0.39, 0.29) is 0 Å². The molecule has 0 aliphatic carbocycles. The van der Waals surface area contributed by atoms with Gasteiger partial charge in [0.1, 0.15) is 25.4 Å². The molecule has 17 rings (SSSR count). The Morgan fingerprint density at radius 3 is 0.974 bits per heavy atom. The third kappa shape index (κ3) is 17.5. The van der Waals surface area contributed by atoms with E-state index in [1.54, 1.807) is 28.4 Å². The number of aliphatic imine (C=N–C) groups is 2. The Morgan fingerprint density at radius 1 is 0.276 bits per heavy atom. The molecule has 6 aromatic heterocycles. The fourth-order valence-electron chi connectivity index (χ4n) is 15.4. The summed E-state index contributed by atoms with van der Waals surface area (Å²) in [5.41, 5.74) is 29.2. The molecule has 0 saturated carbocycles. The predicted octanol–water partition coefficient (Wildman–Crippen LogP) is 10.8. The molecule has 7 aliphatic heterocycles. The van der Waals surface area contributed by atoms with Gasteiger partial charge < -0.3 is 28.7 Å². The van der Waals surface area contributed by atoms with Crippen molar-refractivity contribution in [2.24, 2.45) is 9.98 Å². The Kier molecular flexibility index (Phi) is 22.9. The molecule has 0 saturated heterocycles. The van der Waals surface area contributed by atoms with Crippen molar-refractivity contribution in [1.82, 2.24) is 9.80 Å². The first-order valence-corrected chi connectivity index (χ1v) is 39.6. The molecule has 8 bridgehead atoms. The van der Waals surface area contributed by atoms with Crippen LogP contribution >= 0.6 is 0 Å². The quantitative estimate of drug-likeness (QED) is 0.0495. The van der Waals surface area contributed by atoms with Crippen molar-refractivity contribution in [3.8, 4) is 33.4 Å². The van der Waals surface area contributed by atoms with E-state index in [4.69, 9.17) is 28.9 Å². The number of nitrogens with zero attached hydrogens (tertiary/aromatic N) is 10. The van der Waals surface area contributed by atoms with Crippen LogP contribution in [0, 0.1) is 0 Å². The average molecular weight is 1530 g/mol. The van der Waals surface area contributed by atoms with Gasteiger partial charge in [-0.15, -0.1) is 0 Å². The van der Waals surface area contributed by atoms with E-state index in [1.807, 2.05) is 0 Å². The molecule has 0 radical (unpaired) electrons. The van der Waals surface area contributed by atoms with E-state index < -0.39 is 0 Å². The number of hydrogen-bond donors (Lipinski definition) is 2. The van der Waals surface area contributed by atoms with E-state index in [1.165, 1.54) is 44.5 Å². The highest BCUT2D eigenvalue weighted by Crippen LogP contribution is 2.36. The molecule has 7 aliphatic rings. The first-order valence-electron chi connectivity index (χ1n) is 39.6. The lowest BCUT2D eigenvalue weighted by Gasteiger charge is -2.22. The molecule has 16 heteroatoms. The van der Waals surface area contributed by atoms with Crippen molar-refractivity contribution in [3.63, 3.8) is 0 Å². The molecule has 570 valence electrons. The Bertz CT molecular complexity index is 5720. The zero-order chi connectivity index (χ0) is 78.5. The van der Waals surface area contributed by atoms with Gasteiger partial charge in [-0.3, -0.25) is 0 Å². The number of aromatic nitrogens is 6. The normalized spacial score (nSPS) is 15.3. The maximum Gasteiger partial charge on any atom is 0.218 e. The standard InChI is InChI=1S/C100H92N12O4/c1-113-65-61-105-45-29-77(30-46-105)81-37-53-109(54-38-81)69-73-5-13-85(14-6-73)97-89-21-23-91(101-89)98(86-15-7-74(8-16-86)70-110-55-39-82(40-56-110)78-31-47-106(48-32-78)62-66-114-2)93-25-27-95(103-93)100(88-19-11-76(12-20-88)72-112-59-43-84(44-60-112)80-35-51-108(52-36-80)64-68-116-4)96-28-26-94(104-96)99(92-24-22-90(97)102-92)87-17-9-75(10-18-87)71-111-57-41-83(42-58-111)79-33-49-107(50-34-79)63-67-115-3/h5-60H,61-72H2,1-4H3/q+6/p+2. The number of methoxy groups -OCH3 is 4. The number of allylic oxidation sites excluding steroid dienone is 18. The monoisotopic (exact) mass is 1530 g/mol. The largest absolute Gasteiger partial charge is 0.383 e. The zero-order valence-corrected chi connectivity index (χ0v) is 65.9. The number of rotatable bonds is 27. The van der Waals surface area contributed by atoms with E-state index in [9.17, 15) is 0 Å². The van der Waals surface area contributed by atoms with E-state index in [0.717, 1.165) is 139 Å². The minimum absolute atomic E-state index is 0.669. The molecule has 0 atom stereocenters. The summed E-state index contributed by atoms with van der Waals surface area (Å²) >= 11 is 0. The van der Waals surface area contributed by atoms with Crippen LogP contribution in [0.4, 0.5) is 0 Å². The summed E-state index contributed by atoms with van der Waals surface area (Å²) in [5, 5.41) is 0. The summed E-state index contributed by atoms with van der Waals surface area (Å²) in [6.07, 6.45) is 60.5. The molecule has 16 nitrogen and oxygen atoms in total. The van der Waals surface area contributed by atoms with Gasteiger partial charge in [0.2, 0.25) is 22.8 Å². The Balaban J connectivity index is 0.733. The van der Waals surface area contributed by atoms with Crippen molar-refractivity contribution in [3.05, 3.63) is 420 Å². The molecule has 0 unspecified atom stereocenters. The highest BCUT2D eigenvalue weighted by Gasteiger charge is 2.34. The maximum atomic E-state index is 5.73. The summed E-state index contributed by atoms with van der Waals surface area (Å²) in [7, 11) is 6.94. The summed E-state index contributed by atoms with van der Waals surface area (Å²) in [4.78, 5) is 23.9. The van der Waals surface area contributed by atoms with E-state index in [2.05, 4.69) is 389 Å². The van der Waals surface area contributed by atoms with Gasteiger partial charge in [-0.25, -0.2) is 47.4 Å². The number of benzene rings is 4. The Labute approximate surface area is 678 Å². The van der Waals surface area contributed by atoms with Gasteiger partial charge in [0, 0.05) is 186 Å². The highest BCUT2D eigenvalue weighted by molar-refractivity contribution is 6.37. The van der Waals surface area contributed by atoms with Crippen LogP contribution in [0.5, 0.6) is 0 Å². The van der Waals surface area contributed by atoms with Crippen LogP contribution in [0.2, 0.25) is 0 Å². The van der Waals surface area contributed by atoms with Gasteiger partial charge in [0.25, 0.3) is 0 Å². The van der Waals surface area contributed by atoms with Crippen LogP contribution in [-0.4, -0.2) is 94.1 Å². The van der Waals surface area contributed by atoms with Crippen LogP contribution < -0.4 is 37.4 Å². The summed E-state index contributed by atoms with van der Waals surface area (Å²) < 4.78 is 34.4.